The van der Waals surface area contributed by atoms with Crippen molar-refractivity contribution < 1.29 is 4.43 Å². The number of nitrogens with zero attached hydrogens (tertiary/aromatic N) is 1. The maximum Gasteiger partial charge on any atom is 0.192 e. The third-order valence-electron chi connectivity index (χ3n) is 6.88. The summed E-state index contributed by atoms with van der Waals surface area (Å²) >= 11 is 0. The summed E-state index contributed by atoms with van der Waals surface area (Å²) in [5.74, 6) is 0.499. The summed E-state index contributed by atoms with van der Waals surface area (Å²) in [4.78, 5) is 6.01. The molecule has 0 saturated carbocycles. The van der Waals surface area contributed by atoms with Gasteiger partial charge in [-0.15, -0.1) is 0 Å². The van der Waals surface area contributed by atoms with Crippen molar-refractivity contribution in [3.63, 3.8) is 0 Å². The topological polar surface area (TPSA) is 28.3 Å². The third kappa shape index (κ3) is 2.88. The molecule has 4 rings (SSSR count). The average Bonchev–Trinajstić information content (AvgIpc) is 3.09. The molecule has 0 radical (unpaired) electrons. The molecule has 1 aromatic carbocycles. The van der Waals surface area contributed by atoms with Gasteiger partial charge >= 0.3 is 0 Å². The summed E-state index contributed by atoms with van der Waals surface area (Å²) in [5, 5.41) is 1.43. The third-order valence-corrected chi connectivity index (χ3v) is 11.5. The zero-order valence-corrected chi connectivity index (χ0v) is 17.6. The van der Waals surface area contributed by atoms with E-state index in [1.165, 1.54) is 45.7 Å². The van der Waals surface area contributed by atoms with Crippen molar-refractivity contribution in [2.45, 2.75) is 51.4 Å². The first-order chi connectivity index (χ1) is 12.6. The lowest BCUT2D eigenvalue weighted by Gasteiger charge is -2.40. The number of hydrogen-bond donors (Lipinski definition) is 1. The van der Waals surface area contributed by atoms with E-state index in [0.29, 0.717) is 12.0 Å². The highest BCUT2D eigenvalue weighted by Gasteiger charge is 2.35. The summed E-state index contributed by atoms with van der Waals surface area (Å²) in [5.41, 5.74) is 5.68. The molecule has 2 aliphatic rings. The molecule has 0 unspecified atom stereocenters. The van der Waals surface area contributed by atoms with E-state index >= 15 is 0 Å². The average molecular weight is 369 g/mol. The number of hydrogen-bond acceptors (Lipinski definition) is 2. The van der Waals surface area contributed by atoms with Crippen molar-refractivity contribution >= 4 is 24.8 Å². The molecule has 26 heavy (non-hydrogen) atoms. The van der Waals surface area contributed by atoms with Gasteiger partial charge in [-0.25, -0.2) is 0 Å². The Hall–Kier alpha value is -1.36. The fraction of sp³-hybridized carbons (Fsp3) is 0.545. The molecule has 1 aliphatic carbocycles. The SMILES string of the molecule is CC[Si](CC)(CC)OC[C@@H]1C=C2c3cccc4[nH]cc(c34)C[C@H]2N(C)C1. The van der Waals surface area contributed by atoms with Crippen LogP contribution in [0.5, 0.6) is 0 Å². The molecule has 1 aliphatic heterocycles. The molecule has 2 atom stereocenters. The number of nitrogens with one attached hydrogen (secondary N) is 1. The van der Waals surface area contributed by atoms with Gasteiger partial charge in [0.25, 0.3) is 0 Å². The number of aromatic amines is 1. The number of benzene rings is 1. The van der Waals surface area contributed by atoms with Crippen LogP contribution in [0.4, 0.5) is 0 Å². The van der Waals surface area contributed by atoms with E-state index in [2.05, 4.69) is 68.2 Å². The Labute approximate surface area is 158 Å². The standard InChI is InChI=1S/C22H32N2OSi/c1-5-26(6-2,7-3)25-15-16-11-19-18-9-8-10-20-22(18)17(13-23-20)12-21(19)24(4)14-16/h8-11,13,16,21,23H,5-7,12,14-15H2,1-4H3/t16-,21-/m1/s1. The Bertz CT molecular complexity index is 812. The van der Waals surface area contributed by atoms with Gasteiger partial charge in [0.05, 0.1) is 0 Å². The van der Waals surface area contributed by atoms with E-state index in [1.54, 1.807) is 0 Å². The highest BCUT2D eigenvalue weighted by atomic mass is 28.4. The van der Waals surface area contributed by atoms with Crippen molar-refractivity contribution in [1.82, 2.24) is 9.88 Å². The number of fused-ring (bicyclic) bond motifs is 2. The quantitative estimate of drug-likeness (QED) is 0.722. The van der Waals surface area contributed by atoms with Gasteiger partial charge in [0.15, 0.2) is 8.32 Å². The van der Waals surface area contributed by atoms with Crippen LogP contribution in [0, 0.1) is 5.92 Å². The maximum atomic E-state index is 6.63. The molecule has 0 amide bonds. The largest absolute Gasteiger partial charge is 0.416 e. The van der Waals surface area contributed by atoms with Gasteiger partial charge < -0.3 is 9.41 Å². The lowest BCUT2D eigenvalue weighted by atomic mass is 9.80. The normalized spacial score (nSPS) is 23.2. The molecule has 2 aromatic rings. The van der Waals surface area contributed by atoms with Crippen LogP contribution in [0.2, 0.25) is 18.1 Å². The van der Waals surface area contributed by atoms with Crippen LogP contribution in [-0.2, 0) is 10.8 Å². The zero-order chi connectivity index (χ0) is 18.3. The molecular weight excluding hydrogens is 336 g/mol. The van der Waals surface area contributed by atoms with Crippen molar-refractivity contribution in [1.29, 1.82) is 0 Å². The van der Waals surface area contributed by atoms with Crippen LogP contribution in [0.3, 0.4) is 0 Å². The first-order valence-electron chi connectivity index (χ1n) is 10.3. The summed E-state index contributed by atoms with van der Waals surface area (Å²) in [6.07, 6.45) is 5.86. The van der Waals surface area contributed by atoms with Crippen molar-refractivity contribution in [2.75, 3.05) is 20.2 Å². The van der Waals surface area contributed by atoms with E-state index in [0.717, 1.165) is 19.6 Å². The Morgan fingerprint density at radius 1 is 1.19 bits per heavy atom. The molecule has 0 saturated heterocycles. The van der Waals surface area contributed by atoms with Crippen LogP contribution < -0.4 is 0 Å². The van der Waals surface area contributed by atoms with Gasteiger partial charge in [-0.1, -0.05) is 39.0 Å². The van der Waals surface area contributed by atoms with Crippen LogP contribution in [0.15, 0.2) is 30.5 Å². The van der Waals surface area contributed by atoms with Gasteiger partial charge in [0.2, 0.25) is 0 Å². The predicted molar refractivity (Wildman–Crippen MR) is 113 cm³/mol. The summed E-state index contributed by atoms with van der Waals surface area (Å²) in [7, 11) is 0.769. The molecule has 0 fully saturated rings. The maximum absolute atomic E-state index is 6.63. The minimum absolute atomic E-state index is 0.499. The van der Waals surface area contributed by atoms with E-state index < -0.39 is 8.32 Å². The van der Waals surface area contributed by atoms with Gasteiger partial charge in [-0.3, -0.25) is 4.90 Å². The van der Waals surface area contributed by atoms with Crippen LogP contribution >= 0.6 is 0 Å². The highest BCUT2D eigenvalue weighted by Crippen LogP contribution is 2.41. The molecule has 1 aromatic heterocycles. The van der Waals surface area contributed by atoms with Crippen molar-refractivity contribution in [3.8, 4) is 0 Å². The summed E-state index contributed by atoms with van der Waals surface area (Å²) in [6.45, 7) is 8.94. The van der Waals surface area contributed by atoms with Gasteiger partial charge in [-0.2, -0.15) is 0 Å². The first kappa shape index (κ1) is 18.0. The summed E-state index contributed by atoms with van der Waals surface area (Å²) < 4.78 is 6.63. The fourth-order valence-electron chi connectivity index (χ4n) is 4.99. The minimum Gasteiger partial charge on any atom is -0.416 e. The van der Waals surface area contributed by atoms with E-state index in [9.17, 15) is 0 Å². The molecule has 1 N–H and O–H groups in total. The van der Waals surface area contributed by atoms with E-state index in [1.807, 2.05) is 0 Å². The van der Waals surface area contributed by atoms with E-state index in [4.69, 9.17) is 4.43 Å². The Kier molecular flexibility index (Phi) is 4.84. The monoisotopic (exact) mass is 368 g/mol. The minimum atomic E-state index is -1.52. The highest BCUT2D eigenvalue weighted by molar-refractivity contribution is 6.73. The van der Waals surface area contributed by atoms with Gasteiger partial charge in [0.1, 0.15) is 0 Å². The van der Waals surface area contributed by atoms with Crippen LogP contribution in [0.25, 0.3) is 16.5 Å². The Morgan fingerprint density at radius 2 is 1.96 bits per heavy atom. The molecule has 140 valence electrons. The second-order valence-electron chi connectivity index (χ2n) is 8.14. The second-order valence-corrected chi connectivity index (χ2v) is 12.9. The lowest BCUT2D eigenvalue weighted by molar-refractivity contribution is 0.186. The molecule has 4 heteroatoms. The van der Waals surface area contributed by atoms with Crippen LogP contribution in [0.1, 0.15) is 31.9 Å². The lowest BCUT2D eigenvalue weighted by Crippen LogP contribution is -2.45. The first-order valence-corrected chi connectivity index (χ1v) is 12.8. The number of likely N-dealkylation sites (N-methyl/N-ethyl adjacent to an activating group) is 1. The Morgan fingerprint density at radius 3 is 2.69 bits per heavy atom. The fourth-order valence-corrected chi connectivity index (χ4v) is 7.67. The Balaban J connectivity index is 1.64. The predicted octanol–water partition coefficient (Wildman–Crippen LogP) is 5.06. The van der Waals surface area contributed by atoms with E-state index in [-0.39, 0.29) is 0 Å². The summed E-state index contributed by atoms with van der Waals surface area (Å²) in [6, 6.07) is 10.9. The van der Waals surface area contributed by atoms with Gasteiger partial charge in [-0.05, 0) is 54.4 Å². The molecule has 0 bridgehead atoms. The second kappa shape index (κ2) is 6.99. The smallest absolute Gasteiger partial charge is 0.192 e. The van der Waals surface area contributed by atoms with Gasteiger partial charge in [0, 0.05) is 42.2 Å². The molecule has 3 nitrogen and oxygen atoms in total. The number of H-pyrrole nitrogens is 1. The number of aromatic nitrogens is 1. The molecule has 0 spiro atoms. The zero-order valence-electron chi connectivity index (χ0n) is 16.6. The number of rotatable bonds is 6. The van der Waals surface area contributed by atoms with Crippen molar-refractivity contribution in [2.24, 2.45) is 5.92 Å². The molecular formula is C22H32N2OSi. The van der Waals surface area contributed by atoms with Crippen LogP contribution in [-0.4, -0.2) is 44.4 Å². The molecule has 2 heterocycles. The van der Waals surface area contributed by atoms with Crippen molar-refractivity contribution in [3.05, 3.63) is 41.6 Å².